The molecule has 0 radical (unpaired) electrons. The SMILES string of the molecule is CCNc1cc(C)c(S(=O)(=O)N2CCCC2)c(C)c1. The molecule has 0 spiro atoms. The normalized spacial score (nSPS) is 16.8. The molecule has 1 fully saturated rings. The van der Waals surface area contributed by atoms with Crippen molar-refractivity contribution in [2.75, 3.05) is 25.0 Å². The Hall–Kier alpha value is -1.07. The molecule has 5 heteroatoms. The number of rotatable bonds is 4. The largest absolute Gasteiger partial charge is 0.385 e. The topological polar surface area (TPSA) is 49.4 Å². The zero-order valence-electron chi connectivity index (χ0n) is 11.9. The third kappa shape index (κ3) is 2.77. The van der Waals surface area contributed by atoms with Crippen LogP contribution in [-0.4, -0.2) is 32.4 Å². The van der Waals surface area contributed by atoms with Gasteiger partial charge >= 0.3 is 0 Å². The van der Waals surface area contributed by atoms with Gasteiger partial charge < -0.3 is 5.32 Å². The molecule has 0 saturated carbocycles. The summed E-state index contributed by atoms with van der Waals surface area (Å²) in [6, 6.07) is 3.83. The zero-order valence-corrected chi connectivity index (χ0v) is 12.7. The number of nitrogens with zero attached hydrogens (tertiary/aromatic N) is 1. The van der Waals surface area contributed by atoms with E-state index in [1.807, 2.05) is 32.9 Å². The van der Waals surface area contributed by atoms with Crippen molar-refractivity contribution in [2.24, 2.45) is 0 Å². The Morgan fingerprint density at radius 1 is 1.16 bits per heavy atom. The molecule has 106 valence electrons. The van der Waals surface area contributed by atoms with Crippen molar-refractivity contribution in [3.8, 4) is 0 Å². The number of sulfonamides is 1. The Kier molecular flexibility index (Phi) is 4.16. The zero-order chi connectivity index (χ0) is 14.0. The van der Waals surface area contributed by atoms with Crippen molar-refractivity contribution in [2.45, 2.75) is 38.5 Å². The van der Waals surface area contributed by atoms with E-state index in [0.29, 0.717) is 18.0 Å². The van der Waals surface area contributed by atoms with E-state index in [1.54, 1.807) is 4.31 Å². The van der Waals surface area contributed by atoms with Crippen LogP contribution in [0.4, 0.5) is 5.69 Å². The Bertz CT molecular complexity index is 538. The van der Waals surface area contributed by atoms with Gasteiger partial charge in [0, 0.05) is 25.3 Å². The lowest BCUT2D eigenvalue weighted by Gasteiger charge is -2.20. The molecule has 1 heterocycles. The van der Waals surface area contributed by atoms with Gasteiger partial charge in [0.25, 0.3) is 0 Å². The molecule has 0 amide bonds. The maximum atomic E-state index is 12.7. The number of benzene rings is 1. The Morgan fingerprint density at radius 3 is 2.16 bits per heavy atom. The van der Waals surface area contributed by atoms with Gasteiger partial charge in [0.1, 0.15) is 0 Å². The highest BCUT2D eigenvalue weighted by Gasteiger charge is 2.29. The molecule has 19 heavy (non-hydrogen) atoms. The summed E-state index contributed by atoms with van der Waals surface area (Å²) in [7, 11) is -3.33. The molecule has 0 bridgehead atoms. The highest BCUT2D eigenvalue weighted by molar-refractivity contribution is 7.89. The minimum Gasteiger partial charge on any atom is -0.385 e. The predicted molar refractivity (Wildman–Crippen MR) is 78.1 cm³/mol. The fourth-order valence-corrected chi connectivity index (χ4v) is 4.65. The molecular formula is C14H22N2O2S. The van der Waals surface area contributed by atoms with E-state index < -0.39 is 10.0 Å². The molecule has 1 aromatic carbocycles. The summed E-state index contributed by atoms with van der Waals surface area (Å²) in [5.41, 5.74) is 2.63. The standard InChI is InChI=1S/C14H22N2O2S/c1-4-15-13-9-11(2)14(12(3)10-13)19(17,18)16-7-5-6-8-16/h9-10,15H,4-8H2,1-3H3. The summed E-state index contributed by atoms with van der Waals surface area (Å²) in [6.45, 7) is 7.90. The van der Waals surface area contributed by atoms with Crippen LogP contribution < -0.4 is 5.32 Å². The third-order valence-electron chi connectivity index (χ3n) is 3.50. The first-order valence-electron chi connectivity index (χ1n) is 6.82. The molecule has 4 nitrogen and oxygen atoms in total. The summed E-state index contributed by atoms with van der Waals surface area (Å²) in [6.07, 6.45) is 1.93. The summed E-state index contributed by atoms with van der Waals surface area (Å²) in [4.78, 5) is 0.482. The van der Waals surface area contributed by atoms with Crippen molar-refractivity contribution in [1.82, 2.24) is 4.31 Å². The van der Waals surface area contributed by atoms with Crippen molar-refractivity contribution in [3.63, 3.8) is 0 Å². The smallest absolute Gasteiger partial charge is 0.243 e. The maximum Gasteiger partial charge on any atom is 0.243 e. The number of hydrogen-bond donors (Lipinski definition) is 1. The molecule has 1 aliphatic rings. The van der Waals surface area contributed by atoms with E-state index in [-0.39, 0.29) is 0 Å². The summed E-state index contributed by atoms with van der Waals surface area (Å²) in [5, 5.41) is 3.23. The maximum absolute atomic E-state index is 12.7. The summed E-state index contributed by atoms with van der Waals surface area (Å²) >= 11 is 0. The molecule has 1 aromatic rings. The molecule has 0 aliphatic carbocycles. The highest BCUT2D eigenvalue weighted by Crippen LogP contribution is 2.29. The van der Waals surface area contributed by atoms with Crippen LogP contribution in [-0.2, 0) is 10.0 Å². The van der Waals surface area contributed by atoms with Crippen molar-refractivity contribution < 1.29 is 8.42 Å². The van der Waals surface area contributed by atoms with E-state index in [9.17, 15) is 8.42 Å². The Balaban J connectivity index is 2.44. The van der Waals surface area contributed by atoms with Crippen LogP contribution in [0.15, 0.2) is 17.0 Å². The monoisotopic (exact) mass is 282 g/mol. The highest BCUT2D eigenvalue weighted by atomic mass is 32.2. The first-order chi connectivity index (χ1) is 8.96. The van der Waals surface area contributed by atoms with Crippen molar-refractivity contribution in [1.29, 1.82) is 0 Å². The number of nitrogens with one attached hydrogen (secondary N) is 1. The van der Waals surface area contributed by atoms with Gasteiger partial charge in [0.15, 0.2) is 0 Å². The third-order valence-corrected chi connectivity index (χ3v) is 5.71. The summed E-state index contributed by atoms with van der Waals surface area (Å²) < 4.78 is 26.9. The van der Waals surface area contributed by atoms with E-state index in [2.05, 4.69) is 5.32 Å². The van der Waals surface area contributed by atoms with Gasteiger partial charge in [0.05, 0.1) is 4.90 Å². The Labute approximate surface area is 115 Å². The van der Waals surface area contributed by atoms with Gasteiger partial charge in [-0.3, -0.25) is 0 Å². The van der Waals surface area contributed by atoms with Crippen molar-refractivity contribution >= 4 is 15.7 Å². The van der Waals surface area contributed by atoms with Crippen molar-refractivity contribution in [3.05, 3.63) is 23.3 Å². The summed E-state index contributed by atoms with van der Waals surface area (Å²) in [5.74, 6) is 0. The van der Waals surface area contributed by atoms with Crippen LogP contribution >= 0.6 is 0 Å². The van der Waals surface area contributed by atoms with E-state index >= 15 is 0 Å². The van der Waals surface area contributed by atoms with Crippen LogP contribution in [0, 0.1) is 13.8 Å². The van der Waals surface area contributed by atoms with Gasteiger partial charge in [0.2, 0.25) is 10.0 Å². The van der Waals surface area contributed by atoms with Crippen LogP contribution in [0.1, 0.15) is 30.9 Å². The fourth-order valence-electron chi connectivity index (χ4n) is 2.72. The minimum atomic E-state index is -3.33. The minimum absolute atomic E-state index is 0.482. The lowest BCUT2D eigenvalue weighted by Crippen LogP contribution is -2.29. The molecule has 0 aromatic heterocycles. The molecule has 0 unspecified atom stereocenters. The average molecular weight is 282 g/mol. The first kappa shape index (κ1) is 14.3. The number of hydrogen-bond acceptors (Lipinski definition) is 3. The Morgan fingerprint density at radius 2 is 1.68 bits per heavy atom. The van der Waals surface area contributed by atoms with Gasteiger partial charge in [-0.25, -0.2) is 8.42 Å². The van der Waals surface area contributed by atoms with Gasteiger partial charge in [-0.2, -0.15) is 4.31 Å². The van der Waals surface area contributed by atoms with Gasteiger partial charge in [-0.15, -0.1) is 0 Å². The average Bonchev–Trinajstić information content (AvgIpc) is 2.81. The molecule has 0 atom stereocenters. The molecule has 1 saturated heterocycles. The van der Waals surface area contributed by atoms with Crippen LogP contribution in [0.25, 0.3) is 0 Å². The molecular weight excluding hydrogens is 260 g/mol. The molecule has 2 rings (SSSR count). The van der Waals surface area contributed by atoms with E-state index in [4.69, 9.17) is 0 Å². The fraction of sp³-hybridized carbons (Fsp3) is 0.571. The van der Waals surface area contributed by atoms with Crippen LogP contribution in [0.5, 0.6) is 0 Å². The second-order valence-electron chi connectivity index (χ2n) is 5.08. The van der Waals surface area contributed by atoms with E-state index in [0.717, 1.165) is 36.2 Å². The lowest BCUT2D eigenvalue weighted by molar-refractivity contribution is 0.476. The molecule has 1 N–H and O–H groups in total. The van der Waals surface area contributed by atoms with Gasteiger partial charge in [-0.05, 0) is 56.9 Å². The molecule has 1 aliphatic heterocycles. The van der Waals surface area contributed by atoms with Crippen LogP contribution in [0.3, 0.4) is 0 Å². The van der Waals surface area contributed by atoms with Crippen LogP contribution in [0.2, 0.25) is 0 Å². The first-order valence-corrected chi connectivity index (χ1v) is 8.26. The number of aryl methyl sites for hydroxylation is 2. The van der Waals surface area contributed by atoms with Gasteiger partial charge in [-0.1, -0.05) is 0 Å². The second kappa shape index (κ2) is 5.51. The van der Waals surface area contributed by atoms with E-state index in [1.165, 1.54) is 0 Å². The predicted octanol–water partition coefficient (Wildman–Crippen LogP) is 2.52. The second-order valence-corrected chi connectivity index (χ2v) is 6.96. The quantitative estimate of drug-likeness (QED) is 0.923. The lowest BCUT2D eigenvalue weighted by atomic mass is 10.1. The number of anilines is 1.